The summed E-state index contributed by atoms with van der Waals surface area (Å²) in [6.45, 7) is 0. The number of halogens is 3. The summed E-state index contributed by atoms with van der Waals surface area (Å²) in [5.74, 6) is 1.56. The van der Waals surface area contributed by atoms with Crippen LogP contribution in [-0.2, 0) is 0 Å². The monoisotopic (exact) mass is 430 g/mol. The Labute approximate surface area is 146 Å². The van der Waals surface area contributed by atoms with E-state index in [-0.39, 0.29) is 0 Å². The number of rotatable bonds is 4. The van der Waals surface area contributed by atoms with E-state index in [0.717, 1.165) is 37.1 Å². The molecule has 0 fully saturated rings. The van der Waals surface area contributed by atoms with Crippen molar-refractivity contribution >= 4 is 49.0 Å². The Kier molecular flexibility index (Phi) is 5.73. The van der Waals surface area contributed by atoms with Gasteiger partial charge >= 0.3 is 0 Å². The molecule has 0 bridgehead atoms. The molecule has 5 heteroatoms. The quantitative estimate of drug-likeness (QED) is 0.603. The topological polar surface area (TPSA) is 18.5 Å². The van der Waals surface area contributed by atoms with E-state index < -0.39 is 0 Å². The molecule has 2 rings (SSSR count). The molecule has 0 spiro atoms. The van der Waals surface area contributed by atoms with E-state index in [9.17, 15) is 0 Å². The molecule has 0 aliphatic heterocycles. The minimum Gasteiger partial charge on any atom is -0.496 e. The van der Waals surface area contributed by atoms with Gasteiger partial charge in [0.05, 0.1) is 23.2 Å². The highest BCUT2D eigenvalue weighted by Crippen LogP contribution is 2.34. The summed E-state index contributed by atoms with van der Waals surface area (Å²) >= 11 is 13.0. The number of benzene rings is 2. The molecule has 0 saturated heterocycles. The van der Waals surface area contributed by atoms with Gasteiger partial charge in [0, 0.05) is 11.1 Å². The minimum atomic E-state index is 0.781. The standard InChI is InChI=1S/C16H13Br2ClO2/c1-20-15-5-3-10(7-13(15)17)12(9-19)11-4-6-16(21-2)14(18)8-11/h3-9H,1-2H3. The molecular formula is C16H13Br2ClO2. The second kappa shape index (κ2) is 7.34. The van der Waals surface area contributed by atoms with Gasteiger partial charge in [0.25, 0.3) is 0 Å². The van der Waals surface area contributed by atoms with Crippen LogP contribution in [0.4, 0.5) is 0 Å². The maximum atomic E-state index is 6.03. The van der Waals surface area contributed by atoms with E-state index in [2.05, 4.69) is 31.9 Å². The molecule has 0 aromatic heterocycles. The van der Waals surface area contributed by atoms with Crippen molar-refractivity contribution in [1.82, 2.24) is 0 Å². The Morgan fingerprint density at radius 2 is 1.33 bits per heavy atom. The predicted molar refractivity (Wildman–Crippen MR) is 94.3 cm³/mol. The lowest BCUT2D eigenvalue weighted by Gasteiger charge is -2.11. The maximum absolute atomic E-state index is 6.03. The first-order valence-corrected chi connectivity index (χ1v) is 8.11. The molecule has 21 heavy (non-hydrogen) atoms. The summed E-state index contributed by atoms with van der Waals surface area (Å²) in [5.41, 5.74) is 4.48. The van der Waals surface area contributed by atoms with Gasteiger partial charge in [-0.3, -0.25) is 0 Å². The van der Waals surface area contributed by atoms with E-state index in [4.69, 9.17) is 21.1 Å². The van der Waals surface area contributed by atoms with Gasteiger partial charge in [-0.2, -0.15) is 0 Å². The Morgan fingerprint density at radius 3 is 1.62 bits per heavy atom. The van der Waals surface area contributed by atoms with E-state index in [0.29, 0.717) is 0 Å². The molecule has 0 amide bonds. The fourth-order valence-corrected chi connectivity index (χ4v) is 3.29. The molecule has 0 atom stereocenters. The van der Waals surface area contributed by atoms with Crippen molar-refractivity contribution in [2.24, 2.45) is 0 Å². The summed E-state index contributed by atoms with van der Waals surface area (Å²) < 4.78 is 12.3. The summed E-state index contributed by atoms with van der Waals surface area (Å²) in [5, 5.41) is 0. The Balaban J connectivity index is 2.45. The minimum absolute atomic E-state index is 0.781. The Morgan fingerprint density at radius 1 is 0.905 bits per heavy atom. The lowest BCUT2D eigenvalue weighted by molar-refractivity contribution is 0.412. The highest BCUT2D eigenvalue weighted by atomic mass is 79.9. The lowest BCUT2D eigenvalue weighted by atomic mass is 9.99. The second-order valence-electron chi connectivity index (χ2n) is 4.22. The summed E-state index contributed by atoms with van der Waals surface area (Å²) in [4.78, 5) is 0. The number of hydrogen-bond donors (Lipinski definition) is 0. The summed E-state index contributed by atoms with van der Waals surface area (Å²) in [6.07, 6.45) is 0. The van der Waals surface area contributed by atoms with Crippen LogP contribution in [0.5, 0.6) is 11.5 Å². The van der Waals surface area contributed by atoms with Crippen LogP contribution >= 0.6 is 43.5 Å². The lowest BCUT2D eigenvalue weighted by Crippen LogP contribution is -1.91. The third-order valence-electron chi connectivity index (χ3n) is 3.03. The van der Waals surface area contributed by atoms with Gasteiger partial charge in [0.15, 0.2) is 0 Å². The number of methoxy groups -OCH3 is 2. The molecule has 2 aromatic rings. The fourth-order valence-electron chi connectivity index (χ4n) is 1.96. The van der Waals surface area contributed by atoms with Crippen LogP contribution in [0, 0.1) is 0 Å². The van der Waals surface area contributed by atoms with Crippen LogP contribution in [0.3, 0.4) is 0 Å². The molecule has 0 heterocycles. The first-order chi connectivity index (χ1) is 10.1. The van der Waals surface area contributed by atoms with Crippen molar-refractivity contribution in [3.63, 3.8) is 0 Å². The largest absolute Gasteiger partial charge is 0.496 e. The molecule has 0 radical (unpaired) electrons. The van der Waals surface area contributed by atoms with E-state index in [1.807, 2.05) is 36.4 Å². The molecule has 0 saturated carbocycles. The smallest absolute Gasteiger partial charge is 0.133 e. The van der Waals surface area contributed by atoms with Crippen molar-refractivity contribution < 1.29 is 9.47 Å². The predicted octanol–water partition coefficient (Wildman–Crippen LogP) is 5.86. The normalized spacial score (nSPS) is 10.1. The highest BCUT2D eigenvalue weighted by Gasteiger charge is 2.10. The summed E-state index contributed by atoms with van der Waals surface area (Å²) in [7, 11) is 3.28. The zero-order chi connectivity index (χ0) is 15.4. The van der Waals surface area contributed by atoms with Gasteiger partial charge in [-0.05, 0) is 67.3 Å². The van der Waals surface area contributed by atoms with Crippen molar-refractivity contribution in [2.75, 3.05) is 14.2 Å². The van der Waals surface area contributed by atoms with E-state index >= 15 is 0 Å². The Hall–Kier alpha value is -0.970. The van der Waals surface area contributed by atoms with Gasteiger partial charge < -0.3 is 9.47 Å². The average Bonchev–Trinajstić information content (AvgIpc) is 2.48. The SMILES string of the molecule is COc1ccc(C(=CCl)c2ccc(OC)c(Br)c2)cc1Br. The molecule has 2 aromatic carbocycles. The second-order valence-corrected chi connectivity index (χ2v) is 6.15. The van der Waals surface area contributed by atoms with Crippen LogP contribution in [0.1, 0.15) is 11.1 Å². The van der Waals surface area contributed by atoms with Gasteiger partial charge in [-0.15, -0.1) is 0 Å². The van der Waals surface area contributed by atoms with Crippen LogP contribution < -0.4 is 9.47 Å². The van der Waals surface area contributed by atoms with Crippen LogP contribution in [0.25, 0.3) is 5.57 Å². The third kappa shape index (κ3) is 3.62. The fraction of sp³-hybridized carbons (Fsp3) is 0.125. The van der Waals surface area contributed by atoms with Crippen molar-refractivity contribution in [2.45, 2.75) is 0 Å². The van der Waals surface area contributed by atoms with Crippen LogP contribution in [0.2, 0.25) is 0 Å². The molecular weight excluding hydrogens is 419 g/mol. The first-order valence-electron chi connectivity index (χ1n) is 6.09. The molecule has 0 N–H and O–H groups in total. The van der Waals surface area contributed by atoms with E-state index in [1.165, 1.54) is 0 Å². The molecule has 110 valence electrons. The number of ether oxygens (including phenoxy) is 2. The van der Waals surface area contributed by atoms with Crippen molar-refractivity contribution in [3.05, 3.63) is 62.0 Å². The maximum Gasteiger partial charge on any atom is 0.133 e. The Bertz CT molecular complexity index is 628. The van der Waals surface area contributed by atoms with E-state index in [1.54, 1.807) is 19.8 Å². The molecule has 2 nitrogen and oxygen atoms in total. The zero-order valence-electron chi connectivity index (χ0n) is 11.5. The molecule has 0 aliphatic carbocycles. The van der Waals surface area contributed by atoms with Gasteiger partial charge in [-0.25, -0.2) is 0 Å². The average molecular weight is 433 g/mol. The molecule has 0 aliphatic rings. The van der Waals surface area contributed by atoms with Gasteiger partial charge in [0.1, 0.15) is 11.5 Å². The first kappa shape index (κ1) is 16.4. The van der Waals surface area contributed by atoms with Gasteiger partial charge in [-0.1, -0.05) is 23.7 Å². The number of hydrogen-bond acceptors (Lipinski definition) is 2. The zero-order valence-corrected chi connectivity index (χ0v) is 15.4. The van der Waals surface area contributed by atoms with Crippen molar-refractivity contribution in [3.8, 4) is 11.5 Å². The van der Waals surface area contributed by atoms with Crippen LogP contribution in [-0.4, -0.2) is 14.2 Å². The van der Waals surface area contributed by atoms with Gasteiger partial charge in [0.2, 0.25) is 0 Å². The highest BCUT2D eigenvalue weighted by molar-refractivity contribution is 9.10. The van der Waals surface area contributed by atoms with Crippen molar-refractivity contribution in [1.29, 1.82) is 0 Å². The summed E-state index contributed by atoms with van der Waals surface area (Å²) in [6, 6.07) is 11.7. The van der Waals surface area contributed by atoms with Crippen LogP contribution in [0.15, 0.2) is 50.9 Å². The molecule has 0 unspecified atom stereocenters. The third-order valence-corrected chi connectivity index (χ3v) is 4.49.